The Labute approximate surface area is 73.7 Å². The van der Waals surface area contributed by atoms with Crippen LogP contribution >= 0.6 is 23.2 Å². The molecule has 0 aromatic heterocycles. The van der Waals surface area contributed by atoms with Gasteiger partial charge in [0, 0.05) is 4.79 Å². The number of carbonyl (C=O) groups is 1. The van der Waals surface area contributed by atoms with Crippen LogP contribution in [0.25, 0.3) is 0 Å². The zero-order valence-electron chi connectivity index (χ0n) is 5.78. The van der Waals surface area contributed by atoms with E-state index in [-0.39, 0.29) is 12.0 Å². The number of hydrogen-bond acceptors (Lipinski definition) is 1. The van der Waals surface area contributed by atoms with Crippen molar-refractivity contribution >= 4 is 39.7 Å². The number of hydrogen-bond donors (Lipinski definition) is 0. The van der Waals surface area contributed by atoms with Gasteiger partial charge in [0.2, 0.25) is 0 Å². The molecular formula is C5H8Cl2O2Si+. The van der Waals surface area contributed by atoms with Crippen molar-refractivity contribution in [3.63, 3.8) is 0 Å². The summed E-state index contributed by atoms with van der Waals surface area (Å²) in [6.07, 6.45) is 0. The number of carbonyl (C=O) groups excluding carboxylic acids is 1. The lowest BCUT2D eigenvalue weighted by atomic mass is 10.2. The second-order valence-electron chi connectivity index (χ2n) is 2.26. The average molecular weight is 199 g/mol. The van der Waals surface area contributed by atoms with Crippen LogP contribution in [0.2, 0.25) is 0 Å². The summed E-state index contributed by atoms with van der Waals surface area (Å²) in [5.74, 6) is -0.333. The summed E-state index contributed by atoms with van der Waals surface area (Å²) in [6, 6.07) is 0.00583. The van der Waals surface area contributed by atoms with Gasteiger partial charge in [-0.3, -0.25) is 0 Å². The van der Waals surface area contributed by atoms with Crippen LogP contribution < -0.4 is 0 Å². The Balaban J connectivity index is 4.09. The van der Waals surface area contributed by atoms with Gasteiger partial charge >= 0.3 is 16.5 Å². The fraction of sp³-hybridized carbons (Fsp3) is 0.800. The van der Waals surface area contributed by atoms with Gasteiger partial charge in [-0.2, -0.15) is 0 Å². The maximum Gasteiger partial charge on any atom is 0.520 e. The topological polar surface area (TPSA) is 19.8 Å². The van der Waals surface area contributed by atoms with Crippen molar-refractivity contribution in [1.29, 1.82) is 0 Å². The molecule has 0 aliphatic heterocycles. The Morgan fingerprint density at radius 3 is 2.20 bits per heavy atom. The highest BCUT2D eigenvalue weighted by Gasteiger charge is 2.36. The minimum Gasteiger partial charge on any atom is -0.603 e. The first-order valence-electron chi connectivity index (χ1n) is 2.61. The van der Waals surface area contributed by atoms with E-state index in [0.29, 0.717) is 0 Å². The van der Waals surface area contributed by atoms with Gasteiger partial charge in [-0.05, 0) is 13.8 Å². The maximum atomic E-state index is 11.0. The Hall–Kier alpha value is 0.267. The van der Waals surface area contributed by atoms with Gasteiger partial charge in [-0.15, -0.1) is 11.6 Å². The van der Waals surface area contributed by atoms with Crippen LogP contribution in [-0.2, 0) is 8.85 Å². The second-order valence-corrected chi connectivity index (χ2v) is 3.92. The Morgan fingerprint density at radius 1 is 1.70 bits per heavy atom. The van der Waals surface area contributed by atoms with Crippen LogP contribution in [0.4, 0.5) is 0 Å². The Bertz CT molecular complexity index is 132. The molecule has 0 heterocycles. The molecule has 0 aromatic rings. The van der Waals surface area contributed by atoms with Gasteiger partial charge in [0.1, 0.15) is 0 Å². The molecule has 0 unspecified atom stereocenters. The minimum absolute atomic E-state index is 0.00583. The third-order valence-electron chi connectivity index (χ3n) is 0.818. The van der Waals surface area contributed by atoms with E-state index >= 15 is 0 Å². The highest BCUT2D eigenvalue weighted by atomic mass is 35.5. The van der Waals surface area contributed by atoms with Gasteiger partial charge < -0.3 is 4.06 Å². The molecule has 0 aromatic carbocycles. The average Bonchev–Trinajstić information content (AvgIpc) is 1.83. The molecule has 10 heavy (non-hydrogen) atoms. The number of rotatable bonds is 2. The third-order valence-corrected chi connectivity index (χ3v) is 1.70. The standard InChI is InChI=1S/C5H8Cl2O2Si/c1-5(2,7)4(8)9(10)3-6/h3H2,1-2H3/q+1. The Kier molecular flexibility index (Phi) is 3.69. The smallest absolute Gasteiger partial charge is 0.520 e. The lowest BCUT2D eigenvalue weighted by molar-refractivity contribution is -0.154. The molecule has 0 fully saturated rings. The molecule has 0 amide bonds. The molecule has 0 saturated heterocycles. The molecule has 0 atom stereocenters. The van der Waals surface area contributed by atoms with Gasteiger partial charge in [-0.1, -0.05) is 11.6 Å². The van der Waals surface area contributed by atoms with E-state index in [1.54, 1.807) is 13.8 Å². The zero-order valence-corrected chi connectivity index (χ0v) is 8.29. The summed E-state index contributed by atoms with van der Waals surface area (Å²) in [5.41, 5.74) is 0. The molecular weight excluding hydrogens is 191 g/mol. The van der Waals surface area contributed by atoms with Crippen molar-refractivity contribution in [3.8, 4) is 0 Å². The van der Waals surface area contributed by atoms with E-state index in [9.17, 15) is 4.79 Å². The van der Waals surface area contributed by atoms with Crippen LogP contribution in [-0.4, -0.2) is 27.4 Å². The predicted octanol–water partition coefficient (Wildman–Crippen LogP) is 1.36. The molecule has 0 aliphatic carbocycles. The van der Waals surface area contributed by atoms with Crippen molar-refractivity contribution < 1.29 is 8.85 Å². The predicted molar refractivity (Wildman–Crippen MR) is 42.5 cm³/mol. The molecule has 0 rings (SSSR count). The monoisotopic (exact) mass is 198 g/mol. The Morgan fingerprint density at radius 2 is 2.10 bits per heavy atom. The highest BCUT2D eigenvalue weighted by molar-refractivity contribution is 6.35. The highest BCUT2D eigenvalue weighted by Crippen LogP contribution is 2.17. The first kappa shape index (κ1) is 10.3. The van der Waals surface area contributed by atoms with Crippen molar-refractivity contribution in [1.82, 2.24) is 0 Å². The fourth-order valence-electron chi connectivity index (χ4n) is 0.343. The summed E-state index contributed by atoms with van der Waals surface area (Å²) >= 11 is 11.0. The first-order chi connectivity index (χ1) is 4.39. The van der Waals surface area contributed by atoms with Crippen LogP contribution in [0, 0.1) is 0 Å². The maximum absolute atomic E-state index is 11.0. The largest absolute Gasteiger partial charge is 0.603 e. The zero-order chi connectivity index (χ0) is 8.36. The van der Waals surface area contributed by atoms with Gasteiger partial charge in [0.25, 0.3) is 0 Å². The minimum atomic E-state index is -0.929. The van der Waals surface area contributed by atoms with E-state index in [1.165, 1.54) is 0 Å². The van der Waals surface area contributed by atoms with Gasteiger partial charge in [-0.25, -0.2) is 0 Å². The van der Waals surface area contributed by atoms with E-state index in [4.69, 9.17) is 23.2 Å². The van der Waals surface area contributed by atoms with Gasteiger partial charge in [0.15, 0.2) is 10.9 Å². The summed E-state index contributed by atoms with van der Waals surface area (Å²) in [4.78, 5) is 10.1. The quantitative estimate of drug-likeness (QED) is 0.284. The summed E-state index contributed by atoms with van der Waals surface area (Å²) < 4.78 is 1.93. The van der Waals surface area contributed by atoms with Crippen molar-refractivity contribution in [2.75, 3.05) is 6.07 Å². The van der Waals surface area contributed by atoms with E-state index in [1.807, 2.05) is 4.06 Å². The molecule has 0 saturated carbocycles. The van der Waals surface area contributed by atoms with Gasteiger partial charge in [0.05, 0.1) is 0 Å². The third kappa shape index (κ3) is 2.90. The molecule has 3 radical (unpaired) electrons. The number of halogens is 2. The molecule has 0 N–H and O–H groups in total. The molecule has 0 bridgehead atoms. The number of alkyl halides is 2. The van der Waals surface area contributed by atoms with Crippen LogP contribution in [0.3, 0.4) is 0 Å². The van der Waals surface area contributed by atoms with Crippen molar-refractivity contribution in [2.45, 2.75) is 18.7 Å². The second kappa shape index (κ2) is 3.60. The molecule has 2 nitrogen and oxygen atoms in total. The lowest BCUT2D eigenvalue weighted by Gasteiger charge is -2.19. The lowest BCUT2D eigenvalue weighted by Crippen LogP contribution is -2.34. The summed E-state index contributed by atoms with van der Waals surface area (Å²) in [6.45, 7) is 3.17. The van der Waals surface area contributed by atoms with Crippen LogP contribution in [0.1, 0.15) is 13.8 Å². The fourth-order valence-corrected chi connectivity index (χ4v) is 0.855. The summed E-state index contributed by atoms with van der Waals surface area (Å²) in [5, 5.41) is 0. The first-order valence-corrected chi connectivity index (χ1v) is 3.93. The van der Waals surface area contributed by atoms with Crippen molar-refractivity contribution in [3.05, 3.63) is 0 Å². The molecule has 0 spiro atoms. The van der Waals surface area contributed by atoms with Crippen LogP contribution in [0.5, 0.6) is 0 Å². The molecule has 5 heteroatoms. The van der Waals surface area contributed by atoms with Crippen molar-refractivity contribution in [2.24, 2.45) is 0 Å². The van der Waals surface area contributed by atoms with Crippen LogP contribution in [0.15, 0.2) is 0 Å². The van der Waals surface area contributed by atoms with E-state index in [0.717, 1.165) is 0 Å². The molecule has 0 aliphatic rings. The van der Waals surface area contributed by atoms with E-state index in [2.05, 4.69) is 10.5 Å². The molecule has 57 valence electrons. The SMILES string of the molecule is CC(C)(Cl)C(=O)[O+]([Si])CCl. The van der Waals surface area contributed by atoms with E-state index < -0.39 is 4.87 Å². The summed E-state index contributed by atoms with van der Waals surface area (Å²) in [7, 11) is 2.91. The normalized spacial score (nSPS) is 11.3.